The summed E-state index contributed by atoms with van der Waals surface area (Å²) in [5, 5.41) is 6.47. The summed E-state index contributed by atoms with van der Waals surface area (Å²) in [5.41, 5.74) is 3.03. The van der Waals surface area contributed by atoms with Crippen molar-refractivity contribution in [1.82, 2.24) is 5.16 Å². The van der Waals surface area contributed by atoms with Crippen molar-refractivity contribution in [3.8, 4) is 5.75 Å². The van der Waals surface area contributed by atoms with Gasteiger partial charge in [0.25, 0.3) is 5.91 Å². The van der Waals surface area contributed by atoms with E-state index >= 15 is 0 Å². The van der Waals surface area contributed by atoms with Crippen LogP contribution in [0.15, 0.2) is 47.0 Å². The number of nitrogens with zero attached hydrogens (tertiary/aromatic N) is 1. The number of carbonyl (C=O) groups is 1. The molecule has 1 heterocycles. The van der Waals surface area contributed by atoms with E-state index in [1.165, 1.54) is 6.07 Å². The lowest BCUT2D eigenvalue weighted by molar-refractivity contribution is 0.102. The number of rotatable bonds is 5. The lowest BCUT2D eigenvalue weighted by atomic mass is 10.1. The number of aromatic nitrogens is 1. The van der Waals surface area contributed by atoms with E-state index in [1.54, 1.807) is 36.4 Å². The third-order valence-electron chi connectivity index (χ3n) is 4.03. The van der Waals surface area contributed by atoms with Crippen LogP contribution in [0.5, 0.6) is 5.75 Å². The van der Waals surface area contributed by atoms with Gasteiger partial charge in [-0.05, 0) is 56.7 Å². The minimum absolute atomic E-state index is 0.150. The molecule has 26 heavy (non-hydrogen) atoms. The number of halogens is 1. The van der Waals surface area contributed by atoms with E-state index in [9.17, 15) is 9.18 Å². The number of nitrogens with one attached hydrogen (secondary N) is 1. The van der Waals surface area contributed by atoms with Crippen LogP contribution in [-0.2, 0) is 6.61 Å². The second kappa shape index (κ2) is 7.39. The van der Waals surface area contributed by atoms with Crippen LogP contribution in [0.1, 0.15) is 32.9 Å². The van der Waals surface area contributed by atoms with Crippen LogP contribution < -0.4 is 10.1 Å². The molecule has 0 bridgehead atoms. The van der Waals surface area contributed by atoms with Gasteiger partial charge in [0.1, 0.15) is 23.9 Å². The molecule has 2 aromatic carbocycles. The van der Waals surface area contributed by atoms with Crippen molar-refractivity contribution in [3.05, 3.63) is 76.4 Å². The van der Waals surface area contributed by atoms with Crippen LogP contribution >= 0.6 is 0 Å². The number of amides is 1. The Kier molecular flexibility index (Phi) is 5.02. The van der Waals surface area contributed by atoms with Crippen molar-refractivity contribution >= 4 is 11.6 Å². The third-order valence-corrected chi connectivity index (χ3v) is 4.03. The summed E-state index contributed by atoms with van der Waals surface area (Å²) in [6, 6.07) is 11.3. The second-order valence-corrected chi connectivity index (χ2v) is 6.06. The Morgan fingerprint density at radius 1 is 1.19 bits per heavy atom. The molecule has 0 radical (unpaired) electrons. The SMILES string of the molecule is Cc1ccc(F)c(NC(=O)c2cccc(OCc3c(C)noc3C)c2)c1. The Morgan fingerprint density at radius 2 is 2.00 bits per heavy atom. The van der Waals surface area contributed by atoms with E-state index in [4.69, 9.17) is 9.26 Å². The molecular weight excluding hydrogens is 335 g/mol. The highest BCUT2D eigenvalue weighted by Crippen LogP contribution is 2.20. The number of hydrogen-bond acceptors (Lipinski definition) is 4. The number of anilines is 1. The van der Waals surface area contributed by atoms with Crippen LogP contribution in [0.4, 0.5) is 10.1 Å². The average Bonchev–Trinajstić information content (AvgIpc) is 2.94. The molecule has 0 fully saturated rings. The second-order valence-electron chi connectivity index (χ2n) is 6.06. The molecule has 3 rings (SSSR count). The molecule has 0 aliphatic rings. The highest BCUT2D eigenvalue weighted by atomic mass is 19.1. The first-order chi connectivity index (χ1) is 12.4. The Bertz CT molecular complexity index is 930. The van der Waals surface area contributed by atoms with E-state index < -0.39 is 11.7 Å². The lowest BCUT2D eigenvalue weighted by Gasteiger charge is -2.10. The molecule has 0 unspecified atom stereocenters. The molecule has 0 saturated heterocycles. The maximum absolute atomic E-state index is 13.8. The number of ether oxygens (including phenoxy) is 1. The van der Waals surface area contributed by atoms with Crippen molar-refractivity contribution in [1.29, 1.82) is 0 Å². The third kappa shape index (κ3) is 3.91. The van der Waals surface area contributed by atoms with Gasteiger partial charge >= 0.3 is 0 Å². The summed E-state index contributed by atoms with van der Waals surface area (Å²) in [6.45, 7) is 5.78. The first-order valence-electron chi connectivity index (χ1n) is 8.16. The Hall–Kier alpha value is -3.15. The van der Waals surface area contributed by atoms with Gasteiger partial charge in [0.2, 0.25) is 0 Å². The smallest absolute Gasteiger partial charge is 0.255 e. The fourth-order valence-corrected chi connectivity index (χ4v) is 2.52. The standard InChI is InChI=1S/C20H19FN2O3/c1-12-7-8-18(21)19(9-12)22-20(24)15-5-4-6-16(10-15)25-11-17-13(2)23-26-14(17)3/h4-10H,11H2,1-3H3,(H,22,24). The summed E-state index contributed by atoms with van der Waals surface area (Å²) in [5.74, 6) is 0.348. The van der Waals surface area contributed by atoms with Crippen LogP contribution in [0.2, 0.25) is 0 Å². The molecular formula is C20H19FN2O3. The normalized spacial score (nSPS) is 10.6. The Morgan fingerprint density at radius 3 is 2.73 bits per heavy atom. The first kappa shape index (κ1) is 17.7. The molecule has 0 saturated carbocycles. The van der Waals surface area contributed by atoms with Gasteiger partial charge in [-0.25, -0.2) is 4.39 Å². The van der Waals surface area contributed by atoms with Crippen molar-refractivity contribution < 1.29 is 18.4 Å². The fourth-order valence-electron chi connectivity index (χ4n) is 2.52. The van der Waals surface area contributed by atoms with Gasteiger partial charge in [0, 0.05) is 5.56 Å². The zero-order valence-electron chi connectivity index (χ0n) is 14.8. The van der Waals surface area contributed by atoms with Crippen LogP contribution in [0.25, 0.3) is 0 Å². The van der Waals surface area contributed by atoms with Crippen LogP contribution in [-0.4, -0.2) is 11.1 Å². The van der Waals surface area contributed by atoms with Crippen molar-refractivity contribution in [2.75, 3.05) is 5.32 Å². The van der Waals surface area contributed by atoms with Crippen LogP contribution in [0, 0.1) is 26.6 Å². The predicted octanol–water partition coefficient (Wildman–Crippen LogP) is 4.57. The number of hydrogen-bond donors (Lipinski definition) is 1. The minimum atomic E-state index is -0.477. The van der Waals surface area contributed by atoms with Gasteiger partial charge in [0.15, 0.2) is 0 Å². The maximum Gasteiger partial charge on any atom is 0.255 e. The molecule has 6 heteroatoms. The summed E-state index contributed by atoms with van der Waals surface area (Å²) in [6.07, 6.45) is 0. The van der Waals surface area contributed by atoms with Crippen molar-refractivity contribution in [3.63, 3.8) is 0 Å². The van der Waals surface area contributed by atoms with E-state index in [-0.39, 0.29) is 5.69 Å². The molecule has 134 valence electrons. The van der Waals surface area contributed by atoms with E-state index in [2.05, 4.69) is 10.5 Å². The van der Waals surface area contributed by atoms with E-state index in [0.717, 1.165) is 16.8 Å². The van der Waals surface area contributed by atoms with E-state index in [0.29, 0.717) is 23.7 Å². The predicted molar refractivity (Wildman–Crippen MR) is 95.8 cm³/mol. The quantitative estimate of drug-likeness (QED) is 0.729. The van der Waals surface area contributed by atoms with Gasteiger partial charge in [-0.3, -0.25) is 4.79 Å². The summed E-state index contributed by atoms with van der Waals surface area (Å²) in [7, 11) is 0. The van der Waals surface area contributed by atoms with Crippen LogP contribution in [0.3, 0.4) is 0 Å². The zero-order valence-corrected chi connectivity index (χ0v) is 14.8. The zero-order chi connectivity index (χ0) is 18.7. The summed E-state index contributed by atoms with van der Waals surface area (Å²) >= 11 is 0. The Labute approximate surface area is 150 Å². The van der Waals surface area contributed by atoms with Crippen molar-refractivity contribution in [2.24, 2.45) is 0 Å². The Balaban J connectivity index is 1.72. The van der Waals surface area contributed by atoms with E-state index in [1.807, 2.05) is 20.8 Å². The molecule has 5 nitrogen and oxygen atoms in total. The first-order valence-corrected chi connectivity index (χ1v) is 8.16. The van der Waals surface area contributed by atoms with Gasteiger partial charge in [-0.15, -0.1) is 0 Å². The van der Waals surface area contributed by atoms with Gasteiger partial charge < -0.3 is 14.6 Å². The lowest BCUT2D eigenvalue weighted by Crippen LogP contribution is -2.13. The number of aryl methyl sites for hydroxylation is 3. The number of carbonyl (C=O) groups excluding carboxylic acids is 1. The van der Waals surface area contributed by atoms with Gasteiger partial charge in [-0.1, -0.05) is 17.3 Å². The topological polar surface area (TPSA) is 64.4 Å². The molecule has 1 amide bonds. The van der Waals surface area contributed by atoms with Gasteiger partial charge in [0.05, 0.1) is 16.9 Å². The molecule has 1 N–H and O–H groups in total. The number of benzene rings is 2. The highest BCUT2D eigenvalue weighted by molar-refractivity contribution is 6.04. The fraction of sp³-hybridized carbons (Fsp3) is 0.200. The molecule has 0 atom stereocenters. The average molecular weight is 354 g/mol. The maximum atomic E-state index is 13.8. The van der Waals surface area contributed by atoms with Gasteiger partial charge in [-0.2, -0.15) is 0 Å². The molecule has 3 aromatic rings. The highest BCUT2D eigenvalue weighted by Gasteiger charge is 2.12. The monoisotopic (exact) mass is 354 g/mol. The molecule has 0 aliphatic carbocycles. The van der Waals surface area contributed by atoms with Crippen molar-refractivity contribution in [2.45, 2.75) is 27.4 Å². The largest absolute Gasteiger partial charge is 0.489 e. The minimum Gasteiger partial charge on any atom is -0.489 e. The summed E-state index contributed by atoms with van der Waals surface area (Å²) in [4.78, 5) is 12.4. The summed E-state index contributed by atoms with van der Waals surface area (Å²) < 4.78 is 24.7. The molecule has 1 aromatic heterocycles. The molecule has 0 spiro atoms. The molecule has 0 aliphatic heterocycles.